The maximum Gasteiger partial charge on any atom is 0.307 e. The van der Waals surface area contributed by atoms with Gasteiger partial charge in [0.1, 0.15) is 5.76 Å². The largest absolute Gasteiger partial charge is 0.481 e. The van der Waals surface area contributed by atoms with Crippen molar-refractivity contribution >= 4 is 21.9 Å². The van der Waals surface area contributed by atoms with Gasteiger partial charge in [-0.1, -0.05) is 13.8 Å². The van der Waals surface area contributed by atoms with Gasteiger partial charge in [0.15, 0.2) is 4.67 Å². The van der Waals surface area contributed by atoms with E-state index in [2.05, 4.69) is 15.9 Å². The summed E-state index contributed by atoms with van der Waals surface area (Å²) >= 11 is 3.24. The lowest BCUT2D eigenvalue weighted by Crippen LogP contribution is -2.31. The monoisotopic (exact) mass is 289 g/mol. The van der Waals surface area contributed by atoms with Gasteiger partial charge in [-0.15, -0.1) is 0 Å². The van der Waals surface area contributed by atoms with Gasteiger partial charge in [0.05, 0.1) is 12.5 Å². The van der Waals surface area contributed by atoms with Gasteiger partial charge < -0.3 is 9.52 Å². The molecule has 0 amide bonds. The average Bonchev–Trinajstić information content (AvgIpc) is 2.62. The second kappa shape index (κ2) is 6.06. The zero-order valence-corrected chi connectivity index (χ0v) is 11.0. The van der Waals surface area contributed by atoms with Crippen LogP contribution in [0.2, 0.25) is 0 Å². The molecule has 1 heterocycles. The predicted molar refractivity (Wildman–Crippen MR) is 64.2 cm³/mol. The van der Waals surface area contributed by atoms with Crippen molar-refractivity contribution in [3.63, 3.8) is 0 Å². The fourth-order valence-corrected chi connectivity index (χ4v) is 1.77. The molecule has 1 aromatic rings. The molecule has 0 saturated carbocycles. The van der Waals surface area contributed by atoms with Crippen LogP contribution in [0.1, 0.15) is 19.6 Å². The summed E-state index contributed by atoms with van der Waals surface area (Å²) in [4.78, 5) is 12.8. The Balaban J connectivity index is 2.52. The summed E-state index contributed by atoms with van der Waals surface area (Å²) in [5, 5.41) is 8.84. The summed E-state index contributed by atoms with van der Waals surface area (Å²) in [5.41, 5.74) is 0. The van der Waals surface area contributed by atoms with Crippen LogP contribution in [0, 0.1) is 5.92 Å². The average molecular weight is 290 g/mol. The molecular formula is C11H16BrNO3. The van der Waals surface area contributed by atoms with E-state index >= 15 is 0 Å². The van der Waals surface area contributed by atoms with Crippen LogP contribution in [0.5, 0.6) is 0 Å². The summed E-state index contributed by atoms with van der Waals surface area (Å²) in [7, 11) is 0. The minimum Gasteiger partial charge on any atom is -0.481 e. The fourth-order valence-electron chi connectivity index (χ4n) is 1.43. The Morgan fingerprint density at radius 2 is 2.31 bits per heavy atom. The molecule has 0 aliphatic carbocycles. The van der Waals surface area contributed by atoms with E-state index in [0.29, 0.717) is 17.8 Å². The van der Waals surface area contributed by atoms with Gasteiger partial charge in [-0.05, 0) is 34.6 Å². The van der Waals surface area contributed by atoms with Crippen molar-refractivity contribution in [1.82, 2.24) is 4.90 Å². The maximum atomic E-state index is 10.7. The van der Waals surface area contributed by atoms with E-state index in [-0.39, 0.29) is 5.92 Å². The lowest BCUT2D eigenvalue weighted by Gasteiger charge is -2.21. The topological polar surface area (TPSA) is 53.7 Å². The van der Waals surface area contributed by atoms with Gasteiger partial charge in [-0.25, -0.2) is 0 Å². The third-order valence-electron chi connectivity index (χ3n) is 2.41. The van der Waals surface area contributed by atoms with Crippen molar-refractivity contribution in [1.29, 1.82) is 0 Å². The molecule has 0 spiro atoms. The van der Waals surface area contributed by atoms with E-state index < -0.39 is 5.97 Å². The molecule has 0 aromatic carbocycles. The number of carbonyl (C=O) groups is 1. The minimum absolute atomic E-state index is 0.363. The summed E-state index contributed by atoms with van der Waals surface area (Å²) in [5.74, 6) is -0.288. The first-order valence-corrected chi connectivity index (χ1v) is 6.01. The number of aliphatic carboxylic acids is 1. The molecule has 0 aliphatic heterocycles. The molecular weight excluding hydrogens is 274 g/mol. The first-order valence-electron chi connectivity index (χ1n) is 5.22. The zero-order valence-electron chi connectivity index (χ0n) is 9.44. The van der Waals surface area contributed by atoms with Gasteiger partial charge in [0.2, 0.25) is 0 Å². The zero-order chi connectivity index (χ0) is 12.1. The number of hydrogen-bond donors (Lipinski definition) is 1. The SMILES string of the molecule is CCN(Cc1ccc(Br)o1)CC(C)C(=O)O. The molecule has 0 aliphatic rings. The Bertz CT molecular complexity index is 351. The Labute approximate surface area is 103 Å². The second-order valence-corrected chi connectivity index (χ2v) is 4.55. The minimum atomic E-state index is -0.765. The highest BCUT2D eigenvalue weighted by Crippen LogP contribution is 2.16. The maximum absolute atomic E-state index is 10.7. The Morgan fingerprint density at radius 3 is 2.75 bits per heavy atom. The standard InChI is InChI=1S/C11H16BrNO3/c1-3-13(6-8(2)11(14)15)7-9-4-5-10(12)16-9/h4-5,8H,3,6-7H2,1-2H3,(H,14,15). The van der Waals surface area contributed by atoms with E-state index in [1.807, 2.05) is 24.0 Å². The van der Waals surface area contributed by atoms with Crippen LogP contribution in [0.25, 0.3) is 0 Å². The van der Waals surface area contributed by atoms with Crippen molar-refractivity contribution in [2.45, 2.75) is 20.4 Å². The third-order valence-corrected chi connectivity index (χ3v) is 2.84. The quantitative estimate of drug-likeness (QED) is 0.875. The van der Waals surface area contributed by atoms with Crippen molar-refractivity contribution in [3.05, 3.63) is 22.6 Å². The number of carboxylic acids is 1. The van der Waals surface area contributed by atoms with E-state index in [1.54, 1.807) is 6.92 Å². The van der Waals surface area contributed by atoms with E-state index in [9.17, 15) is 4.79 Å². The summed E-state index contributed by atoms with van der Waals surface area (Å²) < 4.78 is 6.08. The molecule has 0 fully saturated rings. The predicted octanol–water partition coefficient (Wildman–Crippen LogP) is 2.58. The normalized spacial score (nSPS) is 13.0. The lowest BCUT2D eigenvalue weighted by molar-refractivity contribution is -0.141. The number of halogens is 1. The number of carboxylic acid groups (broad SMARTS) is 1. The van der Waals surface area contributed by atoms with Crippen molar-refractivity contribution in [3.8, 4) is 0 Å². The van der Waals surface area contributed by atoms with Crippen LogP contribution in [-0.2, 0) is 11.3 Å². The molecule has 1 rings (SSSR count). The van der Waals surface area contributed by atoms with Crippen LogP contribution < -0.4 is 0 Å². The fraction of sp³-hybridized carbons (Fsp3) is 0.545. The van der Waals surface area contributed by atoms with Gasteiger partial charge in [-0.2, -0.15) is 0 Å². The molecule has 0 saturated heterocycles. The molecule has 1 aromatic heterocycles. The van der Waals surface area contributed by atoms with Crippen molar-refractivity contribution in [2.24, 2.45) is 5.92 Å². The van der Waals surface area contributed by atoms with Crippen LogP contribution in [0.3, 0.4) is 0 Å². The van der Waals surface area contributed by atoms with E-state index in [0.717, 1.165) is 12.3 Å². The molecule has 0 bridgehead atoms. The van der Waals surface area contributed by atoms with Crippen LogP contribution in [-0.4, -0.2) is 29.1 Å². The molecule has 1 atom stereocenters. The van der Waals surface area contributed by atoms with Gasteiger partial charge in [-0.3, -0.25) is 9.69 Å². The molecule has 90 valence electrons. The highest BCUT2D eigenvalue weighted by atomic mass is 79.9. The Hall–Kier alpha value is -0.810. The highest BCUT2D eigenvalue weighted by molar-refractivity contribution is 9.10. The van der Waals surface area contributed by atoms with E-state index in [1.165, 1.54) is 0 Å². The Morgan fingerprint density at radius 1 is 1.62 bits per heavy atom. The number of hydrogen-bond acceptors (Lipinski definition) is 3. The van der Waals surface area contributed by atoms with Gasteiger partial charge in [0.25, 0.3) is 0 Å². The number of rotatable bonds is 6. The summed E-state index contributed by atoms with van der Waals surface area (Å²) in [6, 6.07) is 3.72. The van der Waals surface area contributed by atoms with Crippen LogP contribution >= 0.6 is 15.9 Å². The molecule has 4 nitrogen and oxygen atoms in total. The van der Waals surface area contributed by atoms with Crippen LogP contribution in [0.15, 0.2) is 21.2 Å². The lowest BCUT2D eigenvalue weighted by atomic mass is 10.1. The third kappa shape index (κ3) is 3.98. The number of furan rings is 1. The van der Waals surface area contributed by atoms with Gasteiger partial charge >= 0.3 is 5.97 Å². The first-order chi connectivity index (χ1) is 7.52. The molecule has 1 N–H and O–H groups in total. The van der Waals surface area contributed by atoms with Crippen molar-refractivity contribution in [2.75, 3.05) is 13.1 Å². The van der Waals surface area contributed by atoms with Crippen molar-refractivity contribution < 1.29 is 14.3 Å². The first kappa shape index (κ1) is 13.3. The Kier molecular flexibility index (Phi) is 5.02. The second-order valence-electron chi connectivity index (χ2n) is 3.77. The molecule has 1 unspecified atom stereocenters. The smallest absolute Gasteiger partial charge is 0.307 e. The molecule has 0 radical (unpaired) electrons. The van der Waals surface area contributed by atoms with Crippen LogP contribution in [0.4, 0.5) is 0 Å². The summed E-state index contributed by atoms with van der Waals surface area (Å²) in [6.45, 7) is 5.69. The number of nitrogens with zero attached hydrogens (tertiary/aromatic N) is 1. The highest BCUT2D eigenvalue weighted by Gasteiger charge is 2.16. The van der Waals surface area contributed by atoms with E-state index in [4.69, 9.17) is 9.52 Å². The molecule has 16 heavy (non-hydrogen) atoms. The van der Waals surface area contributed by atoms with Gasteiger partial charge in [0, 0.05) is 6.54 Å². The summed E-state index contributed by atoms with van der Waals surface area (Å²) in [6.07, 6.45) is 0. The molecule has 5 heteroatoms.